The minimum Gasteiger partial charge on any atom is -0.493 e. The molecule has 1 N–H and O–H groups in total. The molecule has 3 aromatic rings. The topological polar surface area (TPSA) is 56.1 Å². The third-order valence-corrected chi connectivity index (χ3v) is 4.57. The number of rotatable bonds is 8. The molecule has 136 valence electrons. The Morgan fingerprint density at radius 2 is 1.88 bits per heavy atom. The molecule has 0 radical (unpaired) electrons. The zero-order valence-corrected chi connectivity index (χ0v) is 15.5. The maximum Gasteiger partial charge on any atom is 0.207 e. The fraction of sp³-hybridized carbons (Fsp3) is 0.333. The number of nitrogens with zero attached hydrogens (tertiary/aromatic N) is 2. The van der Waals surface area contributed by atoms with Crippen LogP contribution in [-0.2, 0) is 11.3 Å². The molecule has 0 unspecified atom stereocenters. The van der Waals surface area contributed by atoms with Gasteiger partial charge in [-0.05, 0) is 50.5 Å². The summed E-state index contributed by atoms with van der Waals surface area (Å²) in [5.41, 5.74) is 4.33. The van der Waals surface area contributed by atoms with Crippen LogP contribution in [-0.4, -0.2) is 22.6 Å². The standard InChI is InChI=1S/C21H25N3O2/c1-15-8-6-9-16(2)20(15)26-13-7-12-24-19-11-5-4-10-18(19)23-21(24)17(3)22-14-25/h4-6,8-11,14,17H,7,12-13H2,1-3H3,(H,22,25)/t17-/m1/s1. The molecule has 1 amide bonds. The number of aryl methyl sites for hydroxylation is 3. The largest absolute Gasteiger partial charge is 0.493 e. The van der Waals surface area contributed by atoms with E-state index in [9.17, 15) is 4.79 Å². The van der Waals surface area contributed by atoms with E-state index in [0.717, 1.165) is 53.1 Å². The minimum absolute atomic E-state index is 0.139. The van der Waals surface area contributed by atoms with E-state index in [1.807, 2.05) is 31.2 Å². The number of hydrogen-bond donors (Lipinski definition) is 1. The second kappa shape index (κ2) is 8.04. The Hall–Kier alpha value is -2.82. The lowest BCUT2D eigenvalue weighted by Gasteiger charge is -2.15. The Kier molecular flexibility index (Phi) is 5.56. The maximum atomic E-state index is 10.8. The van der Waals surface area contributed by atoms with Gasteiger partial charge in [0.1, 0.15) is 11.6 Å². The van der Waals surface area contributed by atoms with Crippen LogP contribution in [0.15, 0.2) is 42.5 Å². The predicted molar refractivity (Wildman–Crippen MR) is 103 cm³/mol. The molecule has 0 saturated carbocycles. The van der Waals surface area contributed by atoms with E-state index in [-0.39, 0.29) is 6.04 Å². The van der Waals surface area contributed by atoms with Crippen molar-refractivity contribution in [2.24, 2.45) is 0 Å². The van der Waals surface area contributed by atoms with Gasteiger partial charge in [-0.3, -0.25) is 4.79 Å². The fourth-order valence-electron chi connectivity index (χ4n) is 3.26. The van der Waals surface area contributed by atoms with Gasteiger partial charge in [0.25, 0.3) is 0 Å². The van der Waals surface area contributed by atoms with Gasteiger partial charge in [0.15, 0.2) is 0 Å². The van der Waals surface area contributed by atoms with Crippen molar-refractivity contribution in [3.63, 3.8) is 0 Å². The molecule has 0 aliphatic carbocycles. The maximum absolute atomic E-state index is 10.8. The molecule has 2 aromatic carbocycles. The third-order valence-electron chi connectivity index (χ3n) is 4.57. The Morgan fingerprint density at radius 3 is 2.62 bits per heavy atom. The summed E-state index contributed by atoms with van der Waals surface area (Å²) in [5.74, 6) is 1.84. The zero-order chi connectivity index (χ0) is 18.5. The van der Waals surface area contributed by atoms with Crippen LogP contribution in [0.25, 0.3) is 11.0 Å². The minimum atomic E-state index is -0.139. The lowest BCUT2D eigenvalue weighted by atomic mass is 10.1. The lowest BCUT2D eigenvalue weighted by molar-refractivity contribution is -0.110. The van der Waals surface area contributed by atoms with E-state index >= 15 is 0 Å². The molecule has 0 fully saturated rings. The van der Waals surface area contributed by atoms with Gasteiger partial charge < -0.3 is 14.6 Å². The van der Waals surface area contributed by atoms with Crippen LogP contribution in [0.4, 0.5) is 0 Å². The van der Waals surface area contributed by atoms with E-state index in [0.29, 0.717) is 6.61 Å². The first kappa shape index (κ1) is 18.0. The number of imidazole rings is 1. The third kappa shape index (κ3) is 3.72. The number of ether oxygens (including phenoxy) is 1. The molecule has 26 heavy (non-hydrogen) atoms. The predicted octanol–water partition coefficient (Wildman–Crippen LogP) is 3.93. The summed E-state index contributed by atoms with van der Waals surface area (Å²) in [5, 5.41) is 2.80. The smallest absolute Gasteiger partial charge is 0.207 e. The number of carbonyl (C=O) groups is 1. The average Bonchev–Trinajstić information content (AvgIpc) is 3.00. The Morgan fingerprint density at radius 1 is 1.15 bits per heavy atom. The quantitative estimate of drug-likeness (QED) is 0.494. The van der Waals surface area contributed by atoms with E-state index < -0.39 is 0 Å². The normalized spacial score (nSPS) is 12.1. The van der Waals surface area contributed by atoms with E-state index in [2.05, 4.69) is 41.9 Å². The summed E-state index contributed by atoms with van der Waals surface area (Å²) in [6.45, 7) is 7.49. The highest BCUT2D eigenvalue weighted by atomic mass is 16.5. The molecule has 1 aromatic heterocycles. The second-order valence-corrected chi connectivity index (χ2v) is 6.54. The molecule has 5 heteroatoms. The number of aromatic nitrogens is 2. The van der Waals surface area contributed by atoms with Crippen LogP contribution < -0.4 is 10.1 Å². The molecule has 1 heterocycles. The second-order valence-electron chi connectivity index (χ2n) is 6.54. The summed E-state index contributed by atoms with van der Waals surface area (Å²) < 4.78 is 8.19. The number of hydrogen-bond acceptors (Lipinski definition) is 3. The van der Waals surface area contributed by atoms with E-state index in [1.165, 1.54) is 0 Å². The summed E-state index contributed by atoms with van der Waals surface area (Å²) in [4.78, 5) is 15.5. The summed E-state index contributed by atoms with van der Waals surface area (Å²) in [6.07, 6.45) is 1.58. The molecule has 3 rings (SSSR count). The Balaban J connectivity index is 1.73. The van der Waals surface area contributed by atoms with Crippen LogP contribution in [0.5, 0.6) is 5.75 Å². The van der Waals surface area contributed by atoms with Gasteiger partial charge in [-0.2, -0.15) is 0 Å². The van der Waals surface area contributed by atoms with Gasteiger partial charge in [-0.15, -0.1) is 0 Å². The van der Waals surface area contributed by atoms with E-state index in [4.69, 9.17) is 9.72 Å². The Labute approximate surface area is 154 Å². The molecule has 0 bridgehead atoms. The van der Waals surface area contributed by atoms with Crippen LogP contribution in [0.3, 0.4) is 0 Å². The highest BCUT2D eigenvalue weighted by molar-refractivity contribution is 5.76. The van der Waals surface area contributed by atoms with Crippen molar-refractivity contribution in [3.05, 3.63) is 59.4 Å². The van der Waals surface area contributed by atoms with Crippen molar-refractivity contribution >= 4 is 17.4 Å². The number of nitrogens with one attached hydrogen (secondary N) is 1. The van der Waals surface area contributed by atoms with Crippen molar-refractivity contribution in [1.82, 2.24) is 14.9 Å². The number of para-hydroxylation sites is 3. The Bertz CT molecular complexity index is 881. The molecule has 5 nitrogen and oxygen atoms in total. The molecule has 0 aliphatic heterocycles. The SMILES string of the molecule is Cc1cccc(C)c1OCCCn1c([C@@H](C)NC=O)nc2ccccc21. The molecule has 1 atom stereocenters. The summed E-state index contributed by atoms with van der Waals surface area (Å²) in [7, 11) is 0. The van der Waals surface area contributed by atoms with Crippen molar-refractivity contribution in [1.29, 1.82) is 0 Å². The lowest BCUT2D eigenvalue weighted by Crippen LogP contribution is -2.21. The van der Waals surface area contributed by atoms with Crippen LogP contribution in [0, 0.1) is 13.8 Å². The number of fused-ring (bicyclic) bond motifs is 1. The number of amides is 1. The van der Waals surface area contributed by atoms with Crippen LogP contribution >= 0.6 is 0 Å². The van der Waals surface area contributed by atoms with Crippen LogP contribution in [0.1, 0.15) is 36.3 Å². The van der Waals surface area contributed by atoms with Gasteiger partial charge in [0.05, 0.1) is 23.7 Å². The highest BCUT2D eigenvalue weighted by Crippen LogP contribution is 2.23. The van der Waals surface area contributed by atoms with E-state index in [1.54, 1.807) is 0 Å². The molecule has 0 aliphatic rings. The number of benzene rings is 2. The first-order valence-electron chi connectivity index (χ1n) is 8.95. The van der Waals surface area contributed by atoms with Crippen molar-refractivity contribution in [2.75, 3.05) is 6.61 Å². The number of carbonyl (C=O) groups excluding carboxylic acids is 1. The van der Waals surface area contributed by atoms with Crippen molar-refractivity contribution < 1.29 is 9.53 Å². The summed E-state index contributed by atoms with van der Waals surface area (Å²) >= 11 is 0. The molecular weight excluding hydrogens is 326 g/mol. The van der Waals surface area contributed by atoms with Gasteiger partial charge >= 0.3 is 0 Å². The fourth-order valence-corrected chi connectivity index (χ4v) is 3.26. The molecule has 0 spiro atoms. The van der Waals surface area contributed by atoms with Gasteiger partial charge in [0.2, 0.25) is 6.41 Å². The summed E-state index contributed by atoms with van der Waals surface area (Å²) in [6, 6.07) is 14.1. The average molecular weight is 351 g/mol. The van der Waals surface area contributed by atoms with Crippen molar-refractivity contribution in [2.45, 2.75) is 39.8 Å². The first-order chi connectivity index (χ1) is 12.6. The van der Waals surface area contributed by atoms with Crippen LogP contribution in [0.2, 0.25) is 0 Å². The van der Waals surface area contributed by atoms with Gasteiger partial charge in [0, 0.05) is 6.54 Å². The van der Waals surface area contributed by atoms with Gasteiger partial charge in [-0.1, -0.05) is 30.3 Å². The monoisotopic (exact) mass is 351 g/mol. The van der Waals surface area contributed by atoms with Gasteiger partial charge in [-0.25, -0.2) is 4.98 Å². The zero-order valence-electron chi connectivity index (χ0n) is 15.5. The molecule has 0 saturated heterocycles. The first-order valence-corrected chi connectivity index (χ1v) is 8.95. The molecular formula is C21H25N3O2. The highest BCUT2D eigenvalue weighted by Gasteiger charge is 2.15. The van der Waals surface area contributed by atoms with Crippen molar-refractivity contribution in [3.8, 4) is 5.75 Å².